The molecule has 1 aromatic rings. The Hall–Kier alpha value is -1.16. The Morgan fingerprint density at radius 3 is 3.00 bits per heavy atom. The molecule has 0 aromatic carbocycles. The molecule has 3 nitrogen and oxygen atoms in total. The van der Waals surface area contributed by atoms with E-state index in [1.54, 1.807) is 6.07 Å². The second-order valence-electron chi connectivity index (χ2n) is 4.07. The molecule has 0 atom stereocenters. The maximum atomic E-state index is 12.7. The van der Waals surface area contributed by atoms with Crippen LogP contribution < -0.4 is 5.32 Å². The van der Waals surface area contributed by atoms with Crippen molar-refractivity contribution in [1.29, 1.82) is 0 Å². The topological polar surface area (TPSA) is 34.1 Å². The molecule has 1 aromatic heterocycles. The Kier molecular flexibility index (Phi) is 4.10. The average molecular weight is 224 g/mol. The third kappa shape index (κ3) is 3.45. The summed E-state index contributed by atoms with van der Waals surface area (Å²) in [6.07, 6.45) is 6.83. The zero-order valence-electron chi connectivity index (χ0n) is 9.29. The van der Waals surface area contributed by atoms with Gasteiger partial charge in [0.15, 0.2) is 0 Å². The van der Waals surface area contributed by atoms with E-state index in [4.69, 9.17) is 4.74 Å². The molecule has 0 bridgehead atoms. The van der Waals surface area contributed by atoms with Gasteiger partial charge in [-0.3, -0.25) is 0 Å². The van der Waals surface area contributed by atoms with E-state index in [-0.39, 0.29) is 0 Å². The Morgan fingerprint density at radius 2 is 2.25 bits per heavy atom. The lowest BCUT2D eigenvalue weighted by Gasteiger charge is -2.11. The van der Waals surface area contributed by atoms with E-state index in [1.165, 1.54) is 37.9 Å². The van der Waals surface area contributed by atoms with Crippen LogP contribution in [0.3, 0.4) is 0 Å². The van der Waals surface area contributed by atoms with Crippen LogP contribution in [0, 0.1) is 5.95 Å². The smallest absolute Gasteiger partial charge is 0.214 e. The van der Waals surface area contributed by atoms with Gasteiger partial charge in [-0.1, -0.05) is 12.8 Å². The van der Waals surface area contributed by atoms with Gasteiger partial charge >= 0.3 is 0 Å². The number of hydrogen-bond donors (Lipinski definition) is 1. The number of hydrogen-bond acceptors (Lipinski definition) is 3. The Balaban J connectivity index is 1.64. The molecule has 0 spiro atoms. The number of aromatic nitrogens is 1. The highest BCUT2D eigenvalue weighted by atomic mass is 19.1. The lowest BCUT2D eigenvalue weighted by molar-refractivity contribution is 0.0659. The predicted octanol–water partition coefficient (Wildman–Crippen LogP) is 2.59. The fraction of sp³-hybridized carbons (Fsp3) is 0.583. The SMILES string of the molecule is Fc1cc(NCCOC2CCCC2)ccn1. The maximum Gasteiger partial charge on any atom is 0.214 e. The van der Waals surface area contributed by atoms with E-state index in [1.807, 2.05) is 0 Å². The van der Waals surface area contributed by atoms with E-state index >= 15 is 0 Å². The lowest BCUT2D eigenvalue weighted by atomic mass is 10.3. The molecule has 0 amide bonds. The molecule has 16 heavy (non-hydrogen) atoms. The number of pyridine rings is 1. The van der Waals surface area contributed by atoms with E-state index < -0.39 is 5.95 Å². The monoisotopic (exact) mass is 224 g/mol. The van der Waals surface area contributed by atoms with Crippen LogP contribution in [0.5, 0.6) is 0 Å². The molecule has 1 N–H and O–H groups in total. The minimum Gasteiger partial charge on any atom is -0.383 e. The van der Waals surface area contributed by atoms with Crippen LogP contribution in [0.25, 0.3) is 0 Å². The first kappa shape index (κ1) is 11.3. The number of nitrogens with zero attached hydrogens (tertiary/aromatic N) is 1. The number of anilines is 1. The Bertz CT molecular complexity index is 327. The maximum absolute atomic E-state index is 12.7. The van der Waals surface area contributed by atoms with Gasteiger partial charge in [-0.25, -0.2) is 4.98 Å². The molecule has 1 aliphatic rings. The highest BCUT2D eigenvalue weighted by Gasteiger charge is 2.14. The molecule has 0 unspecified atom stereocenters. The summed E-state index contributed by atoms with van der Waals surface area (Å²) < 4.78 is 18.4. The molecular formula is C12H17FN2O. The largest absolute Gasteiger partial charge is 0.383 e. The Morgan fingerprint density at radius 1 is 1.44 bits per heavy atom. The van der Waals surface area contributed by atoms with Crippen molar-refractivity contribution in [3.05, 3.63) is 24.3 Å². The zero-order valence-corrected chi connectivity index (χ0v) is 9.29. The zero-order chi connectivity index (χ0) is 11.2. The molecule has 1 heterocycles. The van der Waals surface area contributed by atoms with E-state index in [9.17, 15) is 4.39 Å². The van der Waals surface area contributed by atoms with Crippen LogP contribution in [0.1, 0.15) is 25.7 Å². The summed E-state index contributed by atoms with van der Waals surface area (Å²) in [6, 6.07) is 3.13. The van der Waals surface area contributed by atoms with Crippen LogP contribution in [0.4, 0.5) is 10.1 Å². The number of rotatable bonds is 5. The first-order valence-corrected chi connectivity index (χ1v) is 5.81. The van der Waals surface area contributed by atoms with Gasteiger partial charge in [0.2, 0.25) is 5.95 Å². The van der Waals surface area contributed by atoms with Gasteiger partial charge in [-0.2, -0.15) is 4.39 Å². The van der Waals surface area contributed by atoms with E-state index in [0.717, 1.165) is 5.69 Å². The van der Waals surface area contributed by atoms with Gasteiger partial charge in [0.25, 0.3) is 0 Å². The second-order valence-corrected chi connectivity index (χ2v) is 4.07. The molecule has 88 valence electrons. The standard InChI is InChI=1S/C12H17FN2O/c13-12-9-10(5-6-15-12)14-7-8-16-11-3-1-2-4-11/h5-6,9,11H,1-4,7-8H2,(H,14,15). The van der Waals surface area contributed by atoms with Crippen LogP contribution >= 0.6 is 0 Å². The minimum absolute atomic E-state index is 0.441. The summed E-state index contributed by atoms with van der Waals surface area (Å²) in [6.45, 7) is 1.38. The van der Waals surface area contributed by atoms with Crippen molar-refractivity contribution in [1.82, 2.24) is 4.98 Å². The van der Waals surface area contributed by atoms with Crippen molar-refractivity contribution < 1.29 is 9.13 Å². The second kappa shape index (κ2) is 5.80. The summed E-state index contributed by atoms with van der Waals surface area (Å²) >= 11 is 0. The van der Waals surface area contributed by atoms with Crippen molar-refractivity contribution in [2.45, 2.75) is 31.8 Å². The van der Waals surface area contributed by atoms with Crippen molar-refractivity contribution in [3.8, 4) is 0 Å². The molecule has 1 aliphatic carbocycles. The quantitative estimate of drug-likeness (QED) is 0.616. The third-order valence-corrected chi connectivity index (χ3v) is 2.81. The van der Waals surface area contributed by atoms with Crippen molar-refractivity contribution >= 4 is 5.69 Å². The van der Waals surface area contributed by atoms with E-state index in [0.29, 0.717) is 19.3 Å². The normalized spacial score (nSPS) is 16.6. The minimum atomic E-state index is -0.457. The summed E-state index contributed by atoms with van der Waals surface area (Å²) in [4.78, 5) is 3.49. The molecule has 0 radical (unpaired) electrons. The van der Waals surface area contributed by atoms with Crippen molar-refractivity contribution in [2.24, 2.45) is 0 Å². The molecule has 1 saturated carbocycles. The average Bonchev–Trinajstić information content (AvgIpc) is 2.77. The van der Waals surface area contributed by atoms with Crippen LogP contribution in [-0.4, -0.2) is 24.2 Å². The van der Waals surface area contributed by atoms with Gasteiger partial charge in [0, 0.05) is 24.5 Å². The molecule has 2 rings (SSSR count). The first-order chi connectivity index (χ1) is 7.84. The number of halogens is 1. The molecule has 4 heteroatoms. The molecule has 1 fully saturated rings. The number of nitrogens with one attached hydrogen (secondary N) is 1. The van der Waals surface area contributed by atoms with Crippen LogP contribution in [0.2, 0.25) is 0 Å². The molecule has 0 saturated heterocycles. The summed E-state index contributed by atoms with van der Waals surface area (Å²) in [5.74, 6) is -0.457. The van der Waals surface area contributed by atoms with Crippen LogP contribution in [-0.2, 0) is 4.74 Å². The summed E-state index contributed by atoms with van der Waals surface area (Å²) in [7, 11) is 0. The van der Waals surface area contributed by atoms with Gasteiger partial charge in [0.1, 0.15) is 0 Å². The van der Waals surface area contributed by atoms with Gasteiger partial charge < -0.3 is 10.1 Å². The third-order valence-electron chi connectivity index (χ3n) is 2.81. The van der Waals surface area contributed by atoms with Gasteiger partial charge in [-0.05, 0) is 18.9 Å². The Labute approximate surface area is 95.0 Å². The van der Waals surface area contributed by atoms with Crippen molar-refractivity contribution in [3.63, 3.8) is 0 Å². The predicted molar refractivity (Wildman–Crippen MR) is 60.9 cm³/mol. The van der Waals surface area contributed by atoms with Gasteiger partial charge in [0.05, 0.1) is 12.7 Å². The van der Waals surface area contributed by atoms with Gasteiger partial charge in [-0.15, -0.1) is 0 Å². The summed E-state index contributed by atoms with van der Waals surface area (Å²) in [5, 5.41) is 3.10. The number of ether oxygens (including phenoxy) is 1. The fourth-order valence-corrected chi connectivity index (χ4v) is 1.99. The highest BCUT2D eigenvalue weighted by Crippen LogP contribution is 2.20. The summed E-state index contributed by atoms with van der Waals surface area (Å²) in [5.41, 5.74) is 0.752. The first-order valence-electron chi connectivity index (χ1n) is 5.81. The highest BCUT2D eigenvalue weighted by molar-refractivity contribution is 5.40. The van der Waals surface area contributed by atoms with Crippen molar-refractivity contribution in [2.75, 3.05) is 18.5 Å². The lowest BCUT2D eigenvalue weighted by Crippen LogP contribution is -2.15. The molecule has 0 aliphatic heterocycles. The van der Waals surface area contributed by atoms with E-state index in [2.05, 4.69) is 10.3 Å². The fourth-order valence-electron chi connectivity index (χ4n) is 1.99. The van der Waals surface area contributed by atoms with Crippen LogP contribution in [0.15, 0.2) is 18.3 Å². The molecular weight excluding hydrogens is 207 g/mol.